The molecule has 2 amide bonds. The number of methoxy groups -OCH3 is 1. The summed E-state index contributed by atoms with van der Waals surface area (Å²) in [6.45, 7) is 2.41. The molecule has 0 aliphatic rings. The number of carboxylic acids is 1. The normalized spacial score (nSPS) is 13.1. The average molecular weight is 322 g/mol. The lowest BCUT2D eigenvalue weighted by Crippen LogP contribution is -2.48. The van der Waals surface area contributed by atoms with E-state index in [2.05, 4.69) is 10.6 Å². The minimum absolute atomic E-state index is 0.0209. The van der Waals surface area contributed by atoms with Gasteiger partial charge in [0.05, 0.1) is 12.6 Å². The SMILES string of the molecule is CCC(COC)NC(=O)NC(CCC(=O)O)Cc1ccccc1. The Morgan fingerprint density at radius 3 is 2.39 bits per heavy atom. The van der Waals surface area contributed by atoms with Crippen molar-refractivity contribution in [1.29, 1.82) is 0 Å². The minimum atomic E-state index is -0.865. The number of carbonyl (C=O) groups is 2. The summed E-state index contributed by atoms with van der Waals surface area (Å²) in [7, 11) is 1.59. The number of nitrogens with one attached hydrogen (secondary N) is 2. The molecule has 0 radical (unpaired) electrons. The van der Waals surface area contributed by atoms with Crippen LogP contribution in [-0.4, -0.2) is 42.9 Å². The Kier molecular flexibility index (Phi) is 8.75. The van der Waals surface area contributed by atoms with Gasteiger partial charge in [0.15, 0.2) is 0 Å². The first-order valence-corrected chi connectivity index (χ1v) is 7.86. The number of benzene rings is 1. The first-order valence-electron chi connectivity index (χ1n) is 7.86. The molecule has 0 saturated heterocycles. The number of carbonyl (C=O) groups excluding carboxylic acids is 1. The summed E-state index contributed by atoms with van der Waals surface area (Å²) in [5.41, 5.74) is 1.06. The Bertz CT molecular complexity index is 479. The standard InChI is InChI=1S/C17H26N2O4/c1-3-14(12-23-2)18-17(22)19-15(9-10-16(20)21)11-13-7-5-4-6-8-13/h4-8,14-15H,3,9-12H2,1-2H3,(H,20,21)(H2,18,19,22). The van der Waals surface area contributed by atoms with Crippen LogP contribution in [0.15, 0.2) is 30.3 Å². The number of hydrogen-bond acceptors (Lipinski definition) is 3. The summed E-state index contributed by atoms with van der Waals surface area (Å²) in [5, 5.41) is 14.6. The molecular formula is C17H26N2O4. The Hall–Kier alpha value is -2.08. The van der Waals surface area contributed by atoms with Crippen molar-refractivity contribution in [3.05, 3.63) is 35.9 Å². The number of ether oxygens (including phenoxy) is 1. The van der Waals surface area contributed by atoms with Crippen LogP contribution in [0.4, 0.5) is 4.79 Å². The maximum Gasteiger partial charge on any atom is 0.315 e. The summed E-state index contributed by atoms with van der Waals surface area (Å²) in [6, 6.07) is 9.13. The van der Waals surface area contributed by atoms with Crippen LogP contribution in [0.25, 0.3) is 0 Å². The van der Waals surface area contributed by atoms with Crippen molar-refractivity contribution in [2.45, 2.75) is 44.7 Å². The number of carboxylic acid groups (broad SMARTS) is 1. The van der Waals surface area contributed by atoms with Gasteiger partial charge in [0.2, 0.25) is 0 Å². The lowest BCUT2D eigenvalue weighted by atomic mass is 10.0. The maximum atomic E-state index is 12.1. The highest BCUT2D eigenvalue weighted by Crippen LogP contribution is 2.08. The van der Waals surface area contributed by atoms with E-state index in [9.17, 15) is 9.59 Å². The van der Waals surface area contributed by atoms with E-state index in [1.54, 1.807) is 7.11 Å². The largest absolute Gasteiger partial charge is 0.481 e. The lowest BCUT2D eigenvalue weighted by molar-refractivity contribution is -0.137. The number of aliphatic carboxylic acids is 1. The number of rotatable bonds is 10. The molecule has 0 bridgehead atoms. The van der Waals surface area contributed by atoms with Gasteiger partial charge in [0, 0.05) is 19.6 Å². The van der Waals surface area contributed by atoms with Gasteiger partial charge in [0.1, 0.15) is 0 Å². The molecule has 0 aromatic heterocycles. The molecule has 6 heteroatoms. The second-order valence-corrected chi connectivity index (χ2v) is 5.50. The molecule has 0 aliphatic carbocycles. The predicted octanol–water partition coefficient (Wildman–Crippen LogP) is 2.19. The smallest absolute Gasteiger partial charge is 0.315 e. The topological polar surface area (TPSA) is 87.7 Å². The third kappa shape index (κ3) is 8.21. The molecule has 0 aliphatic heterocycles. The summed E-state index contributed by atoms with van der Waals surface area (Å²) in [6.07, 6.45) is 1.77. The van der Waals surface area contributed by atoms with Crippen molar-refractivity contribution in [2.75, 3.05) is 13.7 Å². The van der Waals surface area contributed by atoms with E-state index < -0.39 is 5.97 Å². The van der Waals surface area contributed by atoms with E-state index >= 15 is 0 Å². The summed E-state index contributed by atoms with van der Waals surface area (Å²) < 4.78 is 5.06. The molecule has 1 aromatic carbocycles. The van der Waals surface area contributed by atoms with Crippen LogP contribution in [0.1, 0.15) is 31.7 Å². The van der Waals surface area contributed by atoms with Crippen LogP contribution in [-0.2, 0) is 16.0 Å². The fraction of sp³-hybridized carbons (Fsp3) is 0.529. The van der Waals surface area contributed by atoms with Crippen LogP contribution in [0.5, 0.6) is 0 Å². The third-order valence-corrected chi connectivity index (χ3v) is 3.56. The highest BCUT2D eigenvalue weighted by Gasteiger charge is 2.16. The van der Waals surface area contributed by atoms with Gasteiger partial charge in [-0.1, -0.05) is 37.3 Å². The average Bonchev–Trinajstić information content (AvgIpc) is 2.53. The Labute approximate surface area is 137 Å². The van der Waals surface area contributed by atoms with E-state index in [0.717, 1.165) is 12.0 Å². The van der Waals surface area contributed by atoms with Gasteiger partial charge in [-0.25, -0.2) is 4.79 Å². The molecule has 2 unspecified atom stereocenters. The quantitative estimate of drug-likeness (QED) is 0.616. The minimum Gasteiger partial charge on any atom is -0.481 e. The van der Waals surface area contributed by atoms with E-state index in [4.69, 9.17) is 9.84 Å². The van der Waals surface area contributed by atoms with Crippen LogP contribution in [0.2, 0.25) is 0 Å². The zero-order chi connectivity index (χ0) is 17.1. The highest BCUT2D eigenvalue weighted by atomic mass is 16.5. The van der Waals surface area contributed by atoms with Crippen LogP contribution in [0, 0.1) is 0 Å². The lowest BCUT2D eigenvalue weighted by Gasteiger charge is -2.21. The van der Waals surface area contributed by atoms with Crippen molar-refractivity contribution in [2.24, 2.45) is 0 Å². The number of hydrogen-bond donors (Lipinski definition) is 3. The van der Waals surface area contributed by atoms with E-state index in [1.165, 1.54) is 0 Å². The second kappa shape index (κ2) is 10.6. The summed E-state index contributed by atoms with van der Waals surface area (Å²) >= 11 is 0. The van der Waals surface area contributed by atoms with Crippen molar-refractivity contribution in [3.8, 4) is 0 Å². The zero-order valence-corrected chi connectivity index (χ0v) is 13.7. The molecule has 23 heavy (non-hydrogen) atoms. The van der Waals surface area contributed by atoms with Crippen molar-refractivity contribution in [1.82, 2.24) is 10.6 Å². The number of amides is 2. The second-order valence-electron chi connectivity index (χ2n) is 5.50. The van der Waals surface area contributed by atoms with Gasteiger partial charge in [-0.15, -0.1) is 0 Å². The molecule has 0 fully saturated rings. The Balaban J connectivity index is 2.60. The van der Waals surface area contributed by atoms with Gasteiger partial charge in [0.25, 0.3) is 0 Å². The molecule has 2 atom stereocenters. The fourth-order valence-electron chi connectivity index (χ4n) is 2.30. The van der Waals surface area contributed by atoms with Crippen LogP contribution >= 0.6 is 0 Å². The molecule has 3 N–H and O–H groups in total. The van der Waals surface area contributed by atoms with E-state index in [0.29, 0.717) is 19.4 Å². The molecule has 6 nitrogen and oxygen atoms in total. The molecule has 0 heterocycles. The Morgan fingerprint density at radius 2 is 1.83 bits per heavy atom. The summed E-state index contributed by atoms with van der Waals surface area (Å²) in [5.74, 6) is -0.865. The monoisotopic (exact) mass is 322 g/mol. The highest BCUT2D eigenvalue weighted by molar-refractivity contribution is 5.74. The molecule has 1 aromatic rings. The van der Waals surface area contributed by atoms with E-state index in [-0.39, 0.29) is 24.5 Å². The van der Waals surface area contributed by atoms with Crippen molar-refractivity contribution in [3.63, 3.8) is 0 Å². The van der Waals surface area contributed by atoms with Crippen LogP contribution in [0.3, 0.4) is 0 Å². The third-order valence-electron chi connectivity index (χ3n) is 3.56. The van der Waals surface area contributed by atoms with Crippen LogP contribution < -0.4 is 10.6 Å². The number of urea groups is 1. The first-order chi connectivity index (χ1) is 11.0. The fourth-order valence-corrected chi connectivity index (χ4v) is 2.30. The molecular weight excluding hydrogens is 296 g/mol. The maximum absolute atomic E-state index is 12.1. The molecule has 128 valence electrons. The van der Waals surface area contributed by atoms with Gasteiger partial charge in [-0.05, 0) is 24.8 Å². The van der Waals surface area contributed by atoms with E-state index in [1.807, 2.05) is 37.3 Å². The Morgan fingerprint density at radius 1 is 1.17 bits per heavy atom. The zero-order valence-electron chi connectivity index (χ0n) is 13.7. The van der Waals surface area contributed by atoms with Crippen molar-refractivity contribution < 1.29 is 19.4 Å². The molecule has 0 saturated carbocycles. The summed E-state index contributed by atoms with van der Waals surface area (Å²) in [4.78, 5) is 22.9. The molecule has 0 spiro atoms. The predicted molar refractivity (Wildman–Crippen MR) is 88.4 cm³/mol. The van der Waals surface area contributed by atoms with Gasteiger partial charge < -0.3 is 20.5 Å². The van der Waals surface area contributed by atoms with Gasteiger partial charge in [-0.3, -0.25) is 4.79 Å². The first kappa shape index (κ1) is 19.0. The van der Waals surface area contributed by atoms with Gasteiger partial charge >= 0.3 is 12.0 Å². The van der Waals surface area contributed by atoms with Gasteiger partial charge in [-0.2, -0.15) is 0 Å². The van der Waals surface area contributed by atoms with Crippen molar-refractivity contribution >= 4 is 12.0 Å². The molecule has 1 rings (SSSR count).